The van der Waals surface area contributed by atoms with E-state index >= 15 is 0 Å². The fourth-order valence-corrected chi connectivity index (χ4v) is 3.11. The lowest BCUT2D eigenvalue weighted by Crippen LogP contribution is -2.31. The molecule has 2 heterocycles. The number of piperidine rings is 1. The predicted molar refractivity (Wildman–Crippen MR) is 75.2 cm³/mol. The van der Waals surface area contributed by atoms with Crippen LogP contribution in [0.4, 0.5) is 13.2 Å². The van der Waals surface area contributed by atoms with Gasteiger partial charge in [0.05, 0.1) is 16.6 Å². The van der Waals surface area contributed by atoms with E-state index in [1.807, 2.05) is 6.92 Å². The highest BCUT2D eigenvalue weighted by Crippen LogP contribution is 2.33. The van der Waals surface area contributed by atoms with E-state index in [0.717, 1.165) is 49.4 Å². The molecule has 0 bridgehead atoms. The van der Waals surface area contributed by atoms with Crippen LogP contribution in [-0.4, -0.2) is 34.6 Å². The van der Waals surface area contributed by atoms with Crippen LogP contribution in [0.3, 0.4) is 0 Å². The van der Waals surface area contributed by atoms with Crippen molar-refractivity contribution in [1.82, 2.24) is 14.5 Å². The molecule has 6 heteroatoms. The zero-order valence-corrected chi connectivity index (χ0v) is 12.1. The number of aryl methyl sites for hydroxylation is 1. The van der Waals surface area contributed by atoms with Crippen molar-refractivity contribution >= 4 is 11.0 Å². The van der Waals surface area contributed by atoms with Gasteiger partial charge in [0.1, 0.15) is 5.82 Å². The van der Waals surface area contributed by atoms with Gasteiger partial charge in [-0.05, 0) is 58.1 Å². The maximum atomic E-state index is 12.8. The molecule has 0 amide bonds. The Morgan fingerprint density at radius 1 is 1.19 bits per heavy atom. The third-order valence-corrected chi connectivity index (χ3v) is 4.25. The number of fused-ring (bicyclic) bond motifs is 1. The van der Waals surface area contributed by atoms with Crippen LogP contribution in [0.5, 0.6) is 0 Å². The molecule has 0 N–H and O–H groups in total. The van der Waals surface area contributed by atoms with Gasteiger partial charge in [-0.2, -0.15) is 13.2 Å². The summed E-state index contributed by atoms with van der Waals surface area (Å²) in [5.74, 6) is 0.791. The SMILES string of the molecule is Cc1nc2cc(C(F)(F)F)ccc2n1C1CCN(C)CC1. The van der Waals surface area contributed by atoms with Gasteiger partial charge in [-0.15, -0.1) is 0 Å². The average Bonchev–Trinajstić information content (AvgIpc) is 2.74. The second-order valence-electron chi connectivity index (χ2n) is 5.76. The molecule has 21 heavy (non-hydrogen) atoms. The maximum Gasteiger partial charge on any atom is 0.416 e. The van der Waals surface area contributed by atoms with E-state index in [1.165, 1.54) is 0 Å². The fraction of sp³-hybridized carbons (Fsp3) is 0.533. The number of aromatic nitrogens is 2. The molecule has 3 nitrogen and oxygen atoms in total. The molecule has 0 aliphatic carbocycles. The number of alkyl halides is 3. The van der Waals surface area contributed by atoms with Crippen LogP contribution in [0.2, 0.25) is 0 Å². The highest BCUT2D eigenvalue weighted by molar-refractivity contribution is 5.77. The van der Waals surface area contributed by atoms with Gasteiger partial charge in [-0.1, -0.05) is 0 Å². The van der Waals surface area contributed by atoms with Crippen LogP contribution in [-0.2, 0) is 6.18 Å². The van der Waals surface area contributed by atoms with E-state index < -0.39 is 11.7 Å². The van der Waals surface area contributed by atoms with Gasteiger partial charge in [0.2, 0.25) is 0 Å². The van der Waals surface area contributed by atoms with Crippen LogP contribution >= 0.6 is 0 Å². The number of likely N-dealkylation sites (tertiary alicyclic amines) is 1. The minimum Gasteiger partial charge on any atom is -0.325 e. The molecule has 2 aromatic rings. The lowest BCUT2D eigenvalue weighted by Gasteiger charge is -2.30. The summed E-state index contributed by atoms with van der Waals surface area (Å²) in [5, 5.41) is 0. The van der Waals surface area contributed by atoms with Crippen molar-refractivity contribution in [3.63, 3.8) is 0 Å². The molecule has 1 saturated heterocycles. The first-order chi connectivity index (χ1) is 9.86. The van der Waals surface area contributed by atoms with Crippen LogP contribution in [0.1, 0.15) is 30.3 Å². The van der Waals surface area contributed by atoms with Crippen LogP contribution in [0, 0.1) is 6.92 Å². The summed E-state index contributed by atoms with van der Waals surface area (Å²) < 4.78 is 40.4. The summed E-state index contributed by atoms with van der Waals surface area (Å²) in [6.45, 7) is 3.88. The Balaban J connectivity index is 2.02. The largest absolute Gasteiger partial charge is 0.416 e. The number of imidazole rings is 1. The van der Waals surface area contributed by atoms with Crippen LogP contribution in [0.15, 0.2) is 18.2 Å². The number of benzene rings is 1. The predicted octanol–water partition coefficient (Wildman–Crippen LogP) is 3.63. The molecule has 0 saturated carbocycles. The number of halogens is 3. The van der Waals surface area contributed by atoms with Gasteiger partial charge in [0.15, 0.2) is 0 Å². The maximum absolute atomic E-state index is 12.8. The van der Waals surface area contributed by atoms with Crippen molar-refractivity contribution < 1.29 is 13.2 Å². The molecule has 0 radical (unpaired) electrons. The highest BCUT2D eigenvalue weighted by atomic mass is 19.4. The van der Waals surface area contributed by atoms with Crippen LogP contribution < -0.4 is 0 Å². The topological polar surface area (TPSA) is 21.1 Å². The molecule has 1 aliphatic heterocycles. The molecule has 114 valence electrons. The van der Waals surface area contributed by atoms with Crippen molar-refractivity contribution in [2.24, 2.45) is 0 Å². The summed E-state index contributed by atoms with van der Waals surface area (Å²) in [6.07, 6.45) is -2.31. The van der Waals surface area contributed by atoms with E-state index in [4.69, 9.17) is 0 Å². The zero-order valence-electron chi connectivity index (χ0n) is 12.1. The van der Waals surface area contributed by atoms with Gasteiger partial charge in [0.25, 0.3) is 0 Å². The smallest absolute Gasteiger partial charge is 0.325 e. The lowest BCUT2D eigenvalue weighted by molar-refractivity contribution is -0.137. The molecule has 3 rings (SSSR count). The molecule has 0 spiro atoms. The molecular weight excluding hydrogens is 279 g/mol. The molecule has 1 aromatic heterocycles. The van der Waals surface area contributed by atoms with E-state index in [0.29, 0.717) is 11.6 Å². The number of hydrogen-bond donors (Lipinski definition) is 0. The Kier molecular flexibility index (Phi) is 3.43. The number of nitrogens with zero attached hydrogens (tertiary/aromatic N) is 3. The second kappa shape index (κ2) is 5.02. The minimum atomic E-state index is -4.32. The van der Waals surface area contributed by atoms with Crippen molar-refractivity contribution in [3.05, 3.63) is 29.6 Å². The fourth-order valence-electron chi connectivity index (χ4n) is 3.11. The van der Waals surface area contributed by atoms with Crippen molar-refractivity contribution in [2.75, 3.05) is 20.1 Å². The summed E-state index contributed by atoms with van der Waals surface area (Å²) >= 11 is 0. The minimum absolute atomic E-state index is 0.322. The summed E-state index contributed by atoms with van der Waals surface area (Å²) in [5.41, 5.74) is 0.597. The first-order valence-corrected chi connectivity index (χ1v) is 7.10. The zero-order chi connectivity index (χ0) is 15.2. The van der Waals surface area contributed by atoms with Gasteiger partial charge in [0, 0.05) is 6.04 Å². The van der Waals surface area contributed by atoms with E-state index in [-0.39, 0.29) is 0 Å². The van der Waals surface area contributed by atoms with Gasteiger partial charge >= 0.3 is 6.18 Å². The third-order valence-electron chi connectivity index (χ3n) is 4.25. The molecule has 1 fully saturated rings. The number of hydrogen-bond acceptors (Lipinski definition) is 2. The molecule has 1 aromatic carbocycles. The quantitative estimate of drug-likeness (QED) is 0.801. The van der Waals surface area contributed by atoms with E-state index in [9.17, 15) is 13.2 Å². The normalized spacial score (nSPS) is 18.5. The van der Waals surface area contributed by atoms with Crippen molar-refractivity contribution in [3.8, 4) is 0 Å². The first kappa shape index (κ1) is 14.4. The van der Waals surface area contributed by atoms with Crippen molar-refractivity contribution in [1.29, 1.82) is 0 Å². The Morgan fingerprint density at radius 3 is 2.48 bits per heavy atom. The monoisotopic (exact) mass is 297 g/mol. The van der Waals surface area contributed by atoms with Gasteiger partial charge in [-0.3, -0.25) is 0 Å². The summed E-state index contributed by atoms with van der Waals surface area (Å²) in [4.78, 5) is 6.60. The Morgan fingerprint density at radius 2 is 1.86 bits per heavy atom. The van der Waals surface area contributed by atoms with Gasteiger partial charge < -0.3 is 9.47 Å². The molecule has 0 atom stereocenters. The average molecular weight is 297 g/mol. The molecule has 0 unspecified atom stereocenters. The molecule has 1 aliphatic rings. The number of rotatable bonds is 1. The first-order valence-electron chi connectivity index (χ1n) is 7.10. The summed E-state index contributed by atoms with van der Waals surface area (Å²) in [7, 11) is 2.09. The van der Waals surface area contributed by atoms with E-state index in [2.05, 4.69) is 21.5 Å². The lowest BCUT2D eigenvalue weighted by atomic mass is 10.0. The Hall–Kier alpha value is -1.56. The van der Waals surface area contributed by atoms with Gasteiger partial charge in [-0.25, -0.2) is 4.98 Å². The Labute approximate surface area is 121 Å². The third kappa shape index (κ3) is 2.64. The Bertz CT molecular complexity index is 652. The highest BCUT2D eigenvalue weighted by Gasteiger charge is 2.31. The summed E-state index contributed by atoms with van der Waals surface area (Å²) in [6, 6.07) is 4.17. The van der Waals surface area contributed by atoms with E-state index in [1.54, 1.807) is 6.07 Å². The standard InChI is InChI=1S/C15H18F3N3/c1-10-19-13-9-11(15(16,17)18)3-4-14(13)21(10)12-5-7-20(2)8-6-12/h3-4,9,12H,5-8H2,1-2H3. The van der Waals surface area contributed by atoms with Crippen LogP contribution in [0.25, 0.3) is 11.0 Å². The second-order valence-corrected chi connectivity index (χ2v) is 5.76. The van der Waals surface area contributed by atoms with Crippen molar-refractivity contribution in [2.45, 2.75) is 32.0 Å². The molecular formula is C15H18F3N3.